The fourth-order valence-corrected chi connectivity index (χ4v) is 3.05. The zero-order chi connectivity index (χ0) is 23.5. The number of carbonyl (C=O) groups excluding carboxylic acids is 1. The van der Waals surface area contributed by atoms with Gasteiger partial charge in [-0.25, -0.2) is 10.1 Å². The van der Waals surface area contributed by atoms with E-state index in [4.69, 9.17) is 17.3 Å². The first-order valence-electron chi connectivity index (χ1n) is 9.23. The number of aryl methyl sites for hydroxylation is 1. The van der Waals surface area contributed by atoms with Crippen molar-refractivity contribution >= 4 is 35.2 Å². The van der Waals surface area contributed by atoms with Crippen LogP contribution in [0.25, 0.3) is 17.1 Å². The fraction of sp³-hybridized carbons (Fsp3) is 0.0526. The summed E-state index contributed by atoms with van der Waals surface area (Å²) in [7, 11) is 0. The number of hydrogen-bond acceptors (Lipinski definition) is 10. The van der Waals surface area contributed by atoms with Crippen molar-refractivity contribution in [3.8, 4) is 17.1 Å². The summed E-state index contributed by atoms with van der Waals surface area (Å²) in [5.41, 5.74) is 10.0. The van der Waals surface area contributed by atoms with E-state index in [0.29, 0.717) is 11.1 Å². The van der Waals surface area contributed by atoms with Crippen LogP contribution in [0.1, 0.15) is 21.6 Å². The van der Waals surface area contributed by atoms with Crippen LogP contribution in [-0.4, -0.2) is 42.4 Å². The van der Waals surface area contributed by atoms with Gasteiger partial charge in [-0.3, -0.25) is 14.9 Å². The van der Waals surface area contributed by atoms with Crippen molar-refractivity contribution in [1.29, 1.82) is 0 Å². The Kier molecular flexibility index (Phi) is 5.78. The molecule has 0 bridgehead atoms. The third-order valence-corrected chi connectivity index (χ3v) is 4.77. The van der Waals surface area contributed by atoms with Gasteiger partial charge in [0.2, 0.25) is 11.6 Å². The Morgan fingerprint density at radius 3 is 2.70 bits per heavy atom. The van der Waals surface area contributed by atoms with E-state index in [-0.39, 0.29) is 33.7 Å². The van der Waals surface area contributed by atoms with Crippen LogP contribution in [-0.2, 0) is 0 Å². The molecule has 0 saturated carbocycles. The van der Waals surface area contributed by atoms with Crippen LogP contribution in [0.15, 0.2) is 52.2 Å². The highest BCUT2D eigenvalue weighted by Crippen LogP contribution is 2.27. The lowest BCUT2D eigenvalue weighted by Gasteiger charge is -2.06. The van der Waals surface area contributed by atoms with Crippen LogP contribution in [0.2, 0.25) is 5.02 Å². The minimum absolute atomic E-state index is 0.0119. The molecule has 3 N–H and O–H groups in total. The zero-order valence-corrected chi connectivity index (χ0v) is 17.6. The third kappa shape index (κ3) is 4.38. The van der Waals surface area contributed by atoms with E-state index < -0.39 is 10.8 Å². The average molecular weight is 468 g/mol. The lowest BCUT2D eigenvalue weighted by molar-refractivity contribution is -0.384. The number of nitro groups is 1. The summed E-state index contributed by atoms with van der Waals surface area (Å²) in [4.78, 5) is 23.2. The number of aromatic nitrogens is 5. The van der Waals surface area contributed by atoms with Crippen LogP contribution in [0, 0.1) is 17.0 Å². The summed E-state index contributed by atoms with van der Waals surface area (Å²) in [5.74, 6) is -0.664. The summed E-state index contributed by atoms with van der Waals surface area (Å²) < 4.78 is 5.87. The van der Waals surface area contributed by atoms with Gasteiger partial charge in [0.05, 0.1) is 11.1 Å². The number of hydrogen-bond donors (Lipinski definition) is 2. The molecule has 1 amide bonds. The maximum absolute atomic E-state index is 12.8. The van der Waals surface area contributed by atoms with Crippen LogP contribution in [0.3, 0.4) is 0 Å². The van der Waals surface area contributed by atoms with Crippen molar-refractivity contribution in [3.63, 3.8) is 0 Å². The molecule has 0 saturated heterocycles. The second-order valence-corrected chi connectivity index (χ2v) is 7.11. The van der Waals surface area contributed by atoms with E-state index in [1.54, 1.807) is 12.1 Å². The molecular weight excluding hydrogens is 454 g/mol. The number of carbonyl (C=O) groups is 1. The Hall–Kier alpha value is -4.65. The number of benzene rings is 2. The fourth-order valence-electron chi connectivity index (χ4n) is 2.86. The molecule has 2 aromatic heterocycles. The largest absolute Gasteiger partial charge is 0.378 e. The summed E-state index contributed by atoms with van der Waals surface area (Å²) in [6.45, 7) is 1.92. The molecule has 0 radical (unpaired) electrons. The van der Waals surface area contributed by atoms with Crippen molar-refractivity contribution in [1.82, 2.24) is 30.7 Å². The van der Waals surface area contributed by atoms with Gasteiger partial charge in [0, 0.05) is 17.2 Å². The topological polar surface area (TPSA) is 180 Å². The molecule has 0 atom stereocenters. The molecule has 2 heterocycles. The van der Waals surface area contributed by atoms with Gasteiger partial charge in [0.15, 0.2) is 5.69 Å². The zero-order valence-electron chi connectivity index (χ0n) is 16.8. The molecule has 0 fully saturated rings. The van der Waals surface area contributed by atoms with Crippen molar-refractivity contribution < 1.29 is 14.3 Å². The summed E-state index contributed by atoms with van der Waals surface area (Å²) in [6.07, 6.45) is 1.23. The van der Waals surface area contributed by atoms with Crippen LogP contribution in [0.5, 0.6) is 0 Å². The molecule has 0 aliphatic carbocycles. The number of nitrogens with one attached hydrogen (secondary N) is 1. The summed E-state index contributed by atoms with van der Waals surface area (Å²) in [5, 5.41) is 30.0. The molecule has 0 aliphatic rings. The molecule has 13 nitrogen and oxygen atoms in total. The summed E-state index contributed by atoms with van der Waals surface area (Å²) >= 11 is 5.80. The Balaban J connectivity index is 1.65. The van der Waals surface area contributed by atoms with Gasteiger partial charge < -0.3 is 5.73 Å². The van der Waals surface area contributed by atoms with E-state index in [0.717, 1.165) is 5.56 Å². The predicted octanol–water partition coefficient (Wildman–Crippen LogP) is 2.53. The smallest absolute Gasteiger partial charge is 0.294 e. The van der Waals surface area contributed by atoms with Gasteiger partial charge in [-0.15, -0.1) is 5.10 Å². The number of nitrogens with two attached hydrogens (primary N) is 1. The van der Waals surface area contributed by atoms with Gasteiger partial charge in [-0.05, 0) is 23.3 Å². The first-order valence-corrected chi connectivity index (χ1v) is 9.61. The van der Waals surface area contributed by atoms with E-state index in [1.807, 2.05) is 19.1 Å². The standard InChI is InChI=1S/C19H14ClN9O4/c1-10-2-5-12(6-3-10)16-15(23-27-28(16)18-17(21)25-33-26-18)19(30)24-22-9-11-4-7-13(20)14(8-11)29(31)32/h2-9H,1H3,(H2,21,25)(H,24,30)/b22-9+. The van der Waals surface area contributed by atoms with E-state index >= 15 is 0 Å². The quantitative estimate of drug-likeness (QED) is 0.244. The first kappa shape index (κ1) is 21.6. The Labute approximate surface area is 190 Å². The third-order valence-electron chi connectivity index (χ3n) is 4.45. The SMILES string of the molecule is Cc1ccc(-c2c(C(=O)N/N=C/c3ccc(Cl)c([N+](=O)[O-])c3)nnn2-c2nonc2N)cc1. The monoisotopic (exact) mass is 467 g/mol. The van der Waals surface area contributed by atoms with E-state index in [1.165, 1.54) is 29.1 Å². The van der Waals surface area contributed by atoms with Crippen LogP contribution in [0.4, 0.5) is 11.5 Å². The van der Waals surface area contributed by atoms with Gasteiger partial charge in [-0.1, -0.05) is 52.7 Å². The Morgan fingerprint density at radius 2 is 2.03 bits per heavy atom. The Morgan fingerprint density at radius 1 is 1.27 bits per heavy atom. The number of anilines is 1. The van der Waals surface area contributed by atoms with Gasteiger partial charge >= 0.3 is 0 Å². The number of nitrogen functional groups attached to an aromatic ring is 1. The molecule has 4 rings (SSSR count). The summed E-state index contributed by atoms with van der Waals surface area (Å²) in [6, 6.07) is 11.4. The molecule has 33 heavy (non-hydrogen) atoms. The molecule has 0 aliphatic heterocycles. The number of rotatable bonds is 6. The maximum atomic E-state index is 12.8. The van der Waals surface area contributed by atoms with Gasteiger partial charge in [0.1, 0.15) is 10.7 Å². The predicted molar refractivity (Wildman–Crippen MR) is 117 cm³/mol. The van der Waals surface area contributed by atoms with Crippen molar-refractivity contribution in [2.75, 3.05) is 5.73 Å². The van der Waals surface area contributed by atoms with Crippen molar-refractivity contribution in [2.24, 2.45) is 5.10 Å². The van der Waals surface area contributed by atoms with E-state index in [2.05, 4.69) is 35.8 Å². The normalized spacial score (nSPS) is 11.1. The highest BCUT2D eigenvalue weighted by molar-refractivity contribution is 6.32. The highest BCUT2D eigenvalue weighted by Gasteiger charge is 2.25. The number of halogens is 1. The van der Waals surface area contributed by atoms with Crippen LogP contribution >= 0.6 is 11.6 Å². The number of hydrazone groups is 1. The second kappa shape index (κ2) is 8.84. The Bertz CT molecular complexity index is 1380. The average Bonchev–Trinajstić information content (AvgIpc) is 3.41. The van der Waals surface area contributed by atoms with Crippen molar-refractivity contribution in [2.45, 2.75) is 6.92 Å². The molecule has 14 heteroatoms. The highest BCUT2D eigenvalue weighted by atomic mass is 35.5. The molecule has 166 valence electrons. The lowest BCUT2D eigenvalue weighted by Crippen LogP contribution is -2.19. The second-order valence-electron chi connectivity index (χ2n) is 6.70. The van der Waals surface area contributed by atoms with Gasteiger partial charge in [-0.2, -0.15) is 9.78 Å². The van der Waals surface area contributed by atoms with Gasteiger partial charge in [0.25, 0.3) is 11.6 Å². The lowest BCUT2D eigenvalue weighted by atomic mass is 10.1. The molecule has 0 spiro atoms. The minimum atomic E-state index is -0.688. The van der Waals surface area contributed by atoms with Crippen molar-refractivity contribution in [3.05, 3.63) is 74.4 Å². The number of nitro benzene ring substituents is 1. The van der Waals surface area contributed by atoms with E-state index in [9.17, 15) is 14.9 Å². The minimum Gasteiger partial charge on any atom is -0.378 e. The number of amides is 1. The molecule has 0 unspecified atom stereocenters. The molecular formula is C19H14ClN9O4. The maximum Gasteiger partial charge on any atom is 0.294 e. The molecule has 2 aromatic carbocycles. The first-order chi connectivity index (χ1) is 15.8. The molecule has 4 aromatic rings. The number of nitrogens with zero attached hydrogens (tertiary/aromatic N) is 7. The van der Waals surface area contributed by atoms with Crippen LogP contribution < -0.4 is 11.2 Å².